The molecule has 150 valence electrons. The Morgan fingerprint density at radius 2 is 1.63 bits per heavy atom. The Kier molecular flexibility index (Phi) is 5.26. The maximum absolute atomic E-state index is 13.1. The van der Waals surface area contributed by atoms with Crippen molar-refractivity contribution in [2.75, 3.05) is 5.32 Å². The van der Waals surface area contributed by atoms with Crippen LogP contribution in [0.1, 0.15) is 5.56 Å². The fraction of sp³-hybridized carbons (Fsp3) is 0.0870. The van der Waals surface area contributed by atoms with Crippen LogP contribution in [-0.4, -0.2) is 15.0 Å². The van der Waals surface area contributed by atoms with Crippen molar-refractivity contribution in [3.8, 4) is 0 Å². The molecule has 0 bridgehead atoms. The van der Waals surface area contributed by atoms with Crippen molar-refractivity contribution in [1.29, 1.82) is 0 Å². The molecule has 1 amide bonds. The number of carbonyl (C=O) groups excluding carboxylic acids is 1. The van der Waals surface area contributed by atoms with Crippen LogP contribution in [-0.2, 0) is 17.9 Å². The number of nitrogens with zero attached hydrogens (tertiary/aromatic N) is 2. The van der Waals surface area contributed by atoms with E-state index in [9.17, 15) is 18.8 Å². The first-order valence-electron chi connectivity index (χ1n) is 9.33. The molecular formula is C23H18FN3O3. The zero-order valence-corrected chi connectivity index (χ0v) is 15.9. The zero-order valence-electron chi connectivity index (χ0n) is 15.9. The van der Waals surface area contributed by atoms with Crippen LogP contribution in [0.3, 0.4) is 0 Å². The minimum Gasteiger partial charge on any atom is -0.325 e. The van der Waals surface area contributed by atoms with E-state index in [-0.39, 0.29) is 12.4 Å². The third-order valence-corrected chi connectivity index (χ3v) is 4.74. The van der Waals surface area contributed by atoms with E-state index in [1.807, 2.05) is 36.4 Å². The highest BCUT2D eigenvalue weighted by atomic mass is 19.1. The molecule has 0 atom stereocenters. The van der Waals surface area contributed by atoms with Gasteiger partial charge in [0.15, 0.2) is 0 Å². The van der Waals surface area contributed by atoms with E-state index in [2.05, 4.69) is 5.32 Å². The van der Waals surface area contributed by atoms with Gasteiger partial charge in [0.25, 0.3) is 5.56 Å². The average Bonchev–Trinajstić information content (AvgIpc) is 2.74. The van der Waals surface area contributed by atoms with Gasteiger partial charge in [0.2, 0.25) is 5.91 Å². The fourth-order valence-electron chi connectivity index (χ4n) is 3.22. The van der Waals surface area contributed by atoms with Crippen molar-refractivity contribution in [1.82, 2.24) is 9.13 Å². The minimum atomic E-state index is -0.611. The number of carbonyl (C=O) groups is 1. The van der Waals surface area contributed by atoms with E-state index in [1.165, 1.54) is 29.0 Å². The molecule has 0 unspecified atom stereocenters. The van der Waals surface area contributed by atoms with Gasteiger partial charge in [-0.25, -0.2) is 9.18 Å². The maximum atomic E-state index is 13.1. The fourth-order valence-corrected chi connectivity index (χ4v) is 3.22. The molecule has 4 aromatic rings. The van der Waals surface area contributed by atoms with Crippen molar-refractivity contribution >= 4 is 22.4 Å². The van der Waals surface area contributed by atoms with E-state index in [4.69, 9.17) is 0 Å². The van der Waals surface area contributed by atoms with Crippen LogP contribution in [0, 0.1) is 5.82 Å². The first-order chi connectivity index (χ1) is 14.5. The molecule has 1 N–H and O–H groups in total. The molecule has 4 rings (SSSR count). The van der Waals surface area contributed by atoms with Gasteiger partial charge in [-0.3, -0.25) is 18.7 Å². The lowest BCUT2D eigenvalue weighted by atomic mass is 10.1. The van der Waals surface area contributed by atoms with Gasteiger partial charge in [0.1, 0.15) is 12.4 Å². The van der Waals surface area contributed by atoms with E-state index >= 15 is 0 Å². The summed E-state index contributed by atoms with van der Waals surface area (Å²) in [4.78, 5) is 37.3. The Hall–Kier alpha value is -4.00. The summed E-state index contributed by atoms with van der Waals surface area (Å²) >= 11 is 0. The Bertz CT molecular complexity index is 1340. The van der Waals surface area contributed by atoms with Crippen molar-refractivity contribution in [3.05, 3.63) is 111 Å². The van der Waals surface area contributed by atoms with Crippen LogP contribution in [0.2, 0.25) is 0 Å². The third kappa shape index (κ3) is 4.20. The van der Waals surface area contributed by atoms with Crippen LogP contribution in [0.15, 0.2) is 88.6 Å². The second-order valence-corrected chi connectivity index (χ2v) is 6.89. The highest BCUT2D eigenvalue weighted by Gasteiger charge is 2.11. The predicted octanol–water partition coefficient (Wildman–Crippen LogP) is 2.99. The summed E-state index contributed by atoms with van der Waals surface area (Å²) in [6.45, 7) is -0.250. The smallest absolute Gasteiger partial charge is 0.325 e. The number of hydrogen-bond acceptors (Lipinski definition) is 3. The van der Waals surface area contributed by atoms with Gasteiger partial charge in [0.05, 0.1) is 6.54 Å². The average molecular weight is 403 g/mol. The molecule has 6 nitrogen and oxygen atoms in total. The molecule has 0 fully saturated rings. The number of halogens is 1. The van der Waals surface area contributed by atoms with Crippen LogP contribution >= 0.6 is 0 Å². The molecule has 3 aromatic carbocycles. The Morgan fingerprint density at radius 1 is 0.900 bits per heavy atom. The van der Waals surface area contributed by atoms with Crippen molar-refractivity contribution in [2.45, 2.75) is 13.1 Å². The molecule has 7 heteroatoms. The van der Waals surface area contributed by atoms with Crippen LogP contribution in [0.5, 0.6) is 0 Å². The van der Waals surface area contributed by atoms with E-state index in [0.717, 1.165) is 15.3 Å². The number of benzene rings is 3. The molecular weight excluding hydrogens is 385 g/mol. The third-order valence-electron chi connectivity index (χ3n) is 4.74. The second-order valence-electron chi connectivity index (χ2n) is 6.89. The van der Waals surface area contributed by atoms with Gasteiger partial charge in [-0.1, -0.05) is 42.5 Å². The number of aromatic nitrogens is 2. The zero-order chi connectivity index (χ0) is 21.1. The van der Waals surface area contributed by atoms with Crippen molar-refractivity contribution in [3.63, 3.8) is 0 Å². The maximum Gasteiger partial charge on any atom is 0.331 e. The normalized spacial score (nSPS) is 10.8. The summed E-state index contributed by atoms with van der Waals surface area (Å²) in [5, 5.41) is 4.73. The highest BCUT2D eigenvalue weighted by molar-refractivity contribution is 5.94. The molecule has 0 aliphatic carbocycles. The Morgan fingerprint density at radius 3 is 2.40 bits per heavy atom. The number of rotatable bonds is 5. The van der Waals surface area contributed by atoms with Crippen LogP contribution < -0.4 is 16.6 Å². The lowest BCUT2D eigenvalue weighted by Gasteiger charge is -2.11. The van der Waals surface area contributed by atoms with Crippen LogP contribution in [0.25, 0.3) is 10.8 Å². The van der Waals surface area contributed by atoms with E-state index in [0.29, 0.717) is 11.3 Å². The summed E-state index contributed by atoms with van der Waals surface area (Å²) in [5.41, 5.74) is 0.100. The van der Waals surface area contributed by atoms with Gasteiger partial charge in [-0.15, -0.1) is 0 Å². The molecule has 0 saturated carbocycles. The molecule has 0 radical (unpaired) electrons. The lowest BCUT2D eigenvalue weighted by Crippen LogP contribution is -2.41. The van der Waals surface area contributed by atoms with E-state index in [1.54, 1.807) is 18.2 Å². The number of amides is 1. The number of fused-ring (bicyclic) bond motifs is 1. The standard InChI is InChI=1S/C23H18FN3O3/c24-19-8-5-16(6-9-19)14-26-12-11-22(29)27(23(26)30)15-21(28)25-20-10-7-17-3-1-2-4-18(17)13-20/h1-13H,14-15H2,(H,25,28). The van der Waals surface area contributed by atoms with Gasteiger partial charge in [-0.05, 0) is 40.6 Å². The van der Waals surface area contributed by atoms with Gasteiger partial charge < -0.3 is 5.32 Å². The molecule has 0 aliphatic rings. The topological polar surface area (TPSA) is 73.1 Å². The Labute approximate surface area is 170 Å². The predicted molar refractivity (Wildman–Crippen MR) is 113 cm³/mol. The largest absolute Gasteiger partial charge is 0.331 e. The number of nitrogens with one attached hydrogen (secondary N) is 1. The van der Waals surface area contributed by atoms with Crippen molar-refractivity contribution < 1.29 is 9.18 Å². The Balaban J connectivity index is 1.54. The van der Waals surface area contributed by atoms with Gasteiger partial charge >= 0.3 is 5.69 Å². The van der Waals surface area contributed by atoms with Gasteiger partial charge in [-0.2, -0.15) is 0 Å². The molecule has 1 aromatic heterocycles. The summed E-state index contributed by atoms with van der Waals surface area (Å²) in [6.07, 6.45) is 1.37. The second kappa shape index (κ2) is 8.16. The number of anilines is 1. The number of hydrogen-bond donors (Lipinski definition) is 1. The van der Waals surface area contributed by atoms with Crippen LogP contribution in [0.4, 0.5) is 10.1 Å². The molecule has 0 aliphatic heterocycles. The van der Waals surface area contributed by atoms with Crippen molar-refractivity contribution in [2.24, 2.45) is 0 Å². The monoisotopic (exact) mass is 403 g/mol. The SMILES string of the molecule is O=C(Cn1c(=O)ccn(Cc2ccc(F)cc2)c1=O)Nc1ccc2ccccc2c1. The molecule has 1 heterocycles. The summed E-state index contributed by atoms with van der Waals surface area (Å²) in [5.74, 6) is -0.856. The lowest BCUT2D eigenvalue weighted by molar-refractivity contribution is -0.116. The summed E-state index contributed by atoms with van der Waals surface area (Å²) < 4.78 is 15.3. The molecule has 0 spiro atoms. The summed E-state index contributed by atoms with van der Waals surface area (Å²) in [7, 11) is 0. The summed E-state index contributed by atoms with van der Waals surface area (Å²) in [6, 6.07) is 20.2. The quantitative estimate of drug-likeness (QED) is 0.557. The molecule has 30 heavy (non-hydrogen) atoms. The first kappa shape index (κ1) is 19.3. The highest BCUT2D eigenvalue weighted by Crippen LogP contribution is 2.18. The van der Waals surface area contributed by atoms with Gasteiger partial charge in [0, 0.05) is 18.0 Å². The van der Waals surface area contributed by atoms with E-state index < -0.39 is 23.7 Å². The molecule has 0 saturated heterocycles. The first-order valence-corrected chi connectivity index (χ1v) is 9.33. The minimum absolute atomic E-state index is 0.158.